The van der Waals surface area contributed by atoms with Crippen molar-refractivity contribution >= 4 is 0 Å². The Bertz CT molecular complexity index is 247. The van der Waals surface area contributed by atoms with Crippen molar-refractivity contribution in [3.05, 3.63) is 24.3 Å². The molecular weight excluding hydrogens is 112 g/mol. The molecule has 0 aliphatic rings. The van der Waals surface area contributed by atoms with Gasteiger partial charge in [0, 0.05) is 0 Å². The molecule has 0 saturated heterocycles. The van der Waals surface area contributed by atoms with Crippen LogP contribution >= 0.6 is 0 Å². The molecule has 0 N–H and O–H groups in total. The standard InChI is InChI=1S/C7H7N2/c1-3-7-4-8-6-9(2)5-7/h1,4-6H,2H3/q+1. The van der Waals surface area contributed by atoms with Gasteiger partial charge in [-0.2, -0.15) is 0 Å². The molecule has 44 valence electrons. The van der Waals surface area contributed by atoms with Crippen molar-refractivity contribution in [2.24, 2.45) is 7.05 Å². The second-order valence-corrected chi connectivity index (χ2v) is 1.79. The van der Waals surface area contributed by atoms with Gasteiger partial charge in [-0.25, -0.2) is 4.57 Å². The Morgan fingerprint density at radius 1 is 1.78 bits per heavy atom. The molecule has 2 nitrogen and oxygen atoms in total. The SMILES string of the molecule is C#Cc1cnc[n+](C)c1. The predicted octanol–water partition coefficient (Wildman–Crippen LogP) is -0.113. The Kier molecular flexibility index (Phi) is 1.46. The first-order valence-electron chi connectivity index (χ1n) is 2.60. The van der Waals surface area contributed by atoms with E-state index in [4.69, 9.17) is 6.42 Å². The van der Waals surface area contributed by atoms with E-state index in [0.717, 1.165) is 5.56 Å². The molecule has 0 aliphatic heterocycles. The number of aromatic nitrogens is 2. The lowest BCUT2D eigenvalue weighted by Gasteiger charge is -1.84. The number of nitrogens with zero attached hydrogens (tertiary/aromatic N) is 2. The Hall–Kier alpha value is -1.36. The summed E-state index contributed by atoms with van der Waals surface area (Å²) in [4.78, 5) is 3.88. The van der Waals surface area contributed by atoms with E-state index in [1.165, 1.54) is 0 Å². The molecular formula is C7H7N2+. The summed E-state index contributed by atoms with van der Waals surface area (Å²) in [6, 6.07) is 0. The summed E-state index contributed by atoms with van der Waals surface area (Å²) >= 11 is 0. The van der Waals surface area contributed by atoms with Crippen LogP contribution in [0.3, 0.4) is 0 Å². The quantitative estimate of drug-likeness (QED) is 0.344. The third-order valence-corrected chi connectivity index (χ3v) is 0.972. The molecule has 0 spiro atoms. The Morgan fingerprint density at radius 3 is 3.00 bits per heavy atom. The molecule has 0 atom stereocenters. The van der Waals surface area contributed by atoms with Gasteiger partial charge in [-0.1, -0.05) is 10.9 Å². The number of hydrogen-bond acceptors (Lipinski definition) is 1. The second kappa shape index (κ2) is 2.27. The van der Waals surface area contributed by atoms with Gasteiger partial charge in [0.2, 0.25) is 0 Å². The number of aryl methyl sites for hydroxylation is 1. The highest BCUT2D eigenvalue weighted by atomic mass is 15.0. The Morgan fingerprint density at radius 2 is 2.56 bits per heavy atom. The summed E-state index contributed by atoms with van der Waals surface area (Å²) in [6.07, 6.45) is 10.3. The Balaban J connectivity index is 3.12. The minimum absolute atomic E-state index is 0.806. The minimum Gasteiger partial charge on any atom is -0.239 e. The molecule has 0 saturated carbocycles. The average Bonchev–Trinajstić information content (AvgIpc) is 1.88. The maximum Gasteiger partial charge on any atom is 0.285 e. The van der Waals surface area contributed by atoms with E-state index in [2.05, 4.69) is 10.9 Å². The van der Waals surface area contributed by atoms with Gasteiger partial charge < -0.3 is 0 Å². The molecule has 1 aromatic heterocycles. The van der Waals surface area contributed by atoms with Crippen molar-refractivity contribution in [3.8, 4) is 12.3 Å². The Labute approximate surface area is 54.2 Å². The van der Waals surface area contributed by atoms with Crippen LogP contribution in [0.2, 0.25) is 0 Å². The van der Waals surface area contributed by atoms with Crippen LogP contribution in [-0.2, 0) is 7.05 Å². The summed E-state index contributed by atoms with van der Waals surface area (Å²) < 4.78 is 1.81. The molecule has 0 aliphatic carbocycles. The second-order valence-electron chi connectivity index (χ2n) is 1.79. The first kappa shape index (κ1) is 5.77. The molecule has 1 heterocycles. The molecule has 0 aromatic carbocycles. The van der Waals surface area contributed by atoms with Crippen LogP contribution in [0, 0.1) is 12.3 Å². The summed E-state index contributed by atoms with van der Waals surface area (Å²) in [5.74, 6) is 2.48. The van der Waals surface area contributed by atoms with Gasteiger partial charge in [0.15, 0.2) is 6.20 Å². The summed E-state index contributed by atoms with van der Waals surface area (Å²) in [6.45, 7) is 0. The number of terminal acetylenes is 1. The lowest BCUT2D eigenvalue weighted by molar-refractivity contribution is -0.674. The van der Waals surface area contributed by atoms with Gasteiger partial charge in [-0.05, 0) is 0 Å². The number of rotatable bonds is 0. The van der Waals surface area contributed by atoms with Gasteiger partial charge in [0.25, 0.3) is 6.33 Å². The van der Waals surface area contributed by atoms with E-state index in [9.17, 15) is 0 Å². The van der Waals surface area contributed by atoms with E-state index in [0.29, 0.717) is 0 Å². The topological polar surface area (TPSA) is 16.8 Å². The molecule has 0 fully saturated rings. The zero-order chi connectivity index (χ0) is 6.69. The summed E-state index contributed by atoms with van der Waals surface area (Å²) in [5, 5.41) is 0. The highest BCUT2D eigenvalue weighted by Crippen LogP contribution is 1.83. The van der Waals surface area contributed by atoms with Crippen molar-refractivity contribution in [2.75, 3.05) is 0 Å². The van der Waals surface area contributed by atoms with E-state index in [1.54, 1.807) is 12.5 Å². The molecule has 0 unspecified atom stereocenters. The van der Waals surface area contributed by atoms with Crippen LogP contribution in [0.4, 0.5) is 0 Å². The van der Waals surface area contributed by atoms with Crippen LogP contribution in [0.5, 0.6) is 0 Å². The monoisotopic (exact) mass is 119 g/mol. The van der Waals surface area contributed by atoms with Crippen molar-refractivity contribution in [2.45, 2.75) is 0 Å². The zero-order valence-electron chi connectivity index (χ0n) is 5.20. The third-order valence-electron chi connectivity index (χ3n) is 0.972. The maximum absolute atomic E-state index is 5.12. The van der Waals surface area contributed by atoms with Crippen molar-refractivity contribution in [1.82, 2.24) is 4.98 Å². The van der Waals surface area contributed by atoms with Crippen LogP contribution in [0.15, 0.2) is 18.7 Å². The van der Waals surface area contributed by atoms with Crippen LogP contribution in [0.1, 0.15) is 5.56 Å². The van der Waals surface area contributed by atoms with Gasteiger partial charge in [-0.3, -0.25) is 0 Å². The van der Waals surface area contributed by atoms with E-state index in [-0.39, 0.29) is 0 Å². The smallest absolute Gasteiger partial charge is 0.239 e. The fourth-order valence-electron chi connectivity index (χ4n) is 0.579. The molecule has 1 rings (SSSR count). The van der Waals surface area contributed by atoms with Gasteiger partial charge in [0.05, 0.1) is 7.05 Å². The van der Waals surface area contributed by atoms with Gasteiger partial charge in [0.1, 0.15) is 11.8 Å². The van der Waals surface area contributed by atoms with Crippen LogP contribution < -0.4 is 4.57 Å². The largest absolute Gasteiger partial charge is 0.285 e. The van der Waals surface area contributed by atoms with Crippen molar-refractivity contribution in [1.29, 1.82) is 0 Å². The highest BCUT2D eigenvalue weighted by Gasteiger charge is 1.91. The van der Waals surface area contributed by atoms with E-state index >= 15 is 0 Å². The molecule has 2 heteroatoms. The molecule has 1 aromatic rings. The maximum atomic E-state index is 5.12. The summed E-state index contributed by atoms with van der Waals surface area (Å²) in [5.41, 5.74) is 0.806. The predicted molar refractivity (Wildman–Crippen MR) is 33.3 cm³/mol. The fourth-order valence-corrected chi connectivity index (χ4v) is 0.579. The number of hydrogen-bond donors (Lipinski definition) is 0. The fraction of sp³-hybridized carbons (Fsp3) is 0.143. The first-order valence-corrected chi connectivity index (χ1v) is 2.60. The van der Waals surface area contributed by atoms with E-state index < -0.39 is 0 Å². The highest BCUT2D eigenvalue weighted by molar-refractivity contribution is 5.23. The minimum atomic E-state index is 0.806. The third kappa shape index (κ3) is 1.26. The lowest BCUT2D eigenvalue weighted by Crippen LogP contribution is -2.27. The molecule has 0 amide bonds. The molecule has 9 heavy (non-hydrogen) atoms. The lowest BCUT2D eigenvalue weighted by atomic mass is 10.4. The molecule has 0 bridgehead atoms. The zero-order valence-corrected chi connectivity index (χ0v) is 5.20. The van der Waals surface area contributed by atoms with Gasteiger partial charge in [-0.15, -0.1) is 6.42 Å². The van der Waals surface area contributed by atoms with Crippen molar-refractivity contribution in [3.63, 3.8) is 0 Å². The summed E-state index contributed by atoms with van der Waals surface area (Å²) in [7, 11) is 1.88. The van der Waals surface area contributed by atoms with Crippen LogP contribution in [0.25, 0.3) is 0 Å². The first-order chi connectivity index (χ1) is 4.33. The normalized spacial score (nSPS) is 8.44. The van der Waals surface area contributed by atoms with E-state index in [1.807, 2.05) is 17.8 Å². The van der Waals surface area contributed by atoms with Crippen LogP contribution in [-0.4, -0.2) is 4.98 Å². The molecule has 0 radical (unpaired) electrons. The van der Waals surface area contributed by atoms with Gasteiger partial charge >= 0.3 is 0 Å². The van der Waals surface area contributed by atoms with Crippen molar-refractivity contribution < 1.29 is 4.57 Å². The average molecular weight is 119 g/mol.